The molecule has 0 bridgehead atoms. The molecule has 16 heavy (non-hydrogen) atoms. The lowest BCUT2D eigenvalue weighted by Crippen LogP contribution is -2.51. The van der Waals surface area contributed by atoms with Crippen molar-refractivity contribution in [2.45, 2.75) is 48.0 Å². The highest BCUT2D eigenvalue weighted by Crippen LogP contribution is 2.39. The lowest BCUT2D eigenvalue weighted by molar-refractivity contribution is -0.140. The minimum absolute atomic E-state index is 0.127. The van der Waals surface area contributed by atoms with Crippen LogP contribution in [0.1, 0.15) is 48.0 Å². The van der Waals surface area contributed by atoms with Crippen LogP contribution < -0.4 is 0 Å². The Morgan fingerprint density at radius 3 is 2.31 bits per heavy atom. The molecule has 1 aliphatic heterocycles. The normalized spacial score (nSPS) is 31.2. The van der Waals surface area contributed by atoms with Crippen molar-refractivity contribution in [1.29, 1.82) is 0 Å². The number of likely N-dealkylation sites (tertiary alicyclic amines) is 1. The van der Waals surface area contributed by atoms with Crippen LogP contribution in [0.15, 0.2) is 0 Å². The summed E-state index contributed by atoms with van der Waals surface area (Å²) in [6.45, 7) is 15.0. The Hall–Kier alpha value is -0.530. The van der Waals surface area contributed by atoms with Crippen LogP contribution in [-0.2, 0) is 4.79 Å². The highest BCUT2D eigenvalue weighted by molar-refractivity contribution is 5.78. The minimum atomic E-state index is 0.127. The number of piperidine rings is 1. The third-order valence-corrected chi connectivity index (χ3v) is 4.10. The number of carbonyl (C=O) groups excluding carboxylic acids is 1. The fourth-order valence-corrected chi connectivity index (χ4v) is 2.75. The van der Waals surface area contributed by atoms with E-state index in [-0.39, 0.29) is 5.92 Å². The molecule has 1 heterocycles. The Bertz CT molecular complexity index is 259. The molecule has 2 unspecified atom stereocenters. The average molecular weight is 225 g/mol. The third-order valence-electron chi connectivity index (χ3n) is 4.10. The van der Waals surface area contributed by atoms with Crippen LogP contribution in [-0.4, -0.2) is 23.9 Å². The van der Waals surface area contributed by atoms with Crippen molar-refractivity contribution in [3.8, 4) is 0 Å². The second-order valence-electron chi connectivity index (χ2n) is 6.49. The van der Waals surface area contributed by atoms with Gasteiger partial charge in [-0.1, -0.05) is 41.5 Å². The van der Waals surface area contributed by atoms with Crippen LogP contribution in [0.25, 0.3) is 0 Å². The summed E-state index contributed by atoms with van der Waals surface area (Å²) in [5, 5.41) is 0. The summed E-state index contributed by atoms with van der Waals surface area (Å²) in [4.78, 5) is 14.2. The van der Waals surface area contributed by atoms with Gasteiger partial charge in [-0.2, -0.15) is 0 Å². The molecule has 2 atom stereocenters. The predicted octanol–water partition coefficient (Wildman–Crippen LogP) is 3.17. The van der Waals surface area contributed by atoms with Crippen LogP contribution >= 0.6 is 0 Å². The van der Waals surface area contributed by atoms with E-state index in [9.17, 15) is 4.79 Å². The molecule has 94 valence electrons. The fraction of sp³-hybridized carbons (Fsp3) is 0.929. The second kappa shape index (κ2) is 4.77. The topological polar surface area (TPSA) is 20.3 Å². The summed E-state index contributed by atoms with van der Waals surface area (Å²) < 4.78 is 0. The first-order chi connectivity index (χ1) is 7.26. The molecule has 0 aliphatic carbocycles. The Kier molecular flexibility index (Phi) is 4.03. The minimum Gasteiger partial charge on any atom is -0.342 e. The van der Waals surface area contributed by atoms with E-state index in [0.29, 0.717) is 23.2 Å². The number of amides is 1. The molecule has 2 nitrogen and oxygen atoms in total. The highest BCUT2D eigenvalue weighted by Gasteiger charge is 2.38. The van der Waals surface area contributed by atoms with Gasteiger partial charge in [-0.3, -0.25) is 4.79 Å². The number of rotatable bonds is 2. The number of carbonyl (C=O) groups is 1. The number of nitrogens with zero attached hydrogens (tertiary/aromatic N) is 1. The number of hydrogen-bond acceptors (Lipinski definition) is 1. The molecule has 1 fully saturated rings. The van der Waals surface area contributed by atoms with Gasteiger partial charge in [0.05, 0.1) is 0 Å². The van der Waals surface area contributed by atoms with Crippen molar-refractivity contribution in [1.82, 2.24) is 4.90 Å². The van der Waals surface area contributed by atoms with Crippen molar-refractivity contribution in [3.63, 3.8) is 0 Å². The maximum atomic E-state index is 12.1. The SMILES string of the molecule is CC1CN(C(=O)C(C)C)CC(C)(C(C)C)C1. The smallest absolute Gasteiger partial charge is 0.225 e. The van der Waals surface area contributed by atoms with E-state index in [2.05, 4.69) is 32.6 Å². The van der Waals surface area contributed by atoms with Gasteiger partial charge in [0.25, 0.3) is 0 Å². The van der Waals surface area contributed by atoms with E-state index >= 15 is 0 Å². The van der Waals surface area contributed by atoms with Gasteiger partial charge in [0, 0.05) is 19.0 Å². The maximum Gasteiger partial charge on any atom is 0.225 e. The Balaban J connectivity index is 2.79. The van der Waals surface area contributed by atoms with Gasteiger partial charge in [0.15, 0.2) is 0 Å². The van der Waals surface area contributed by atoms with Crippen LogP contribution in [0, 0.1) is 23.2 Å². The van der Waals surface area contributed by atoms with Gasteiger partial charge in [0.2, 0.25) is 5.91 Å². The van der Waals surface area contributed by atoms with E-state index in [1.807, 2.05) is 13.8 Å². The molecule has 0 aromatic rings. The molecule has 0 radical (unpaired) electrons. The van der Waals surface area contributed by atoms with E-state index in [1.54, 1.807) is 0 Å². The lowest BCUT2D eigenvalue weighted by atomic mass is 9.70. The zero-order chi connectivity index (χ0) is 12.5. The molecule has 2 heteroatoms. The summed E-state index contributed by atoms with van der Waals surface area (Å²) in [6, 6.07) is 0. The van der Waals surface area contributed by atoms with E-state index in [4.69, 9.17) is 0 Å². The molecule has 1 rings (SSSR count). The van der Waals surface area contributed by atoms with Crippen molar-refractivity contribution in [2.24, 2.45) is 23.2 Å². The van der Waals surface area contributed by atoms with E-state index in [1.165, 1.54) is 6.42 Å². The van der Waals surface area contributed by atoms with Crippen molar-refractivity contribution >= 4 is 5.91 Å². The molecule has 0 N–H and O–H groups in total. The second-order valence-corrected chi connectivity index (χ2v) is 6.49. The van der Waals surface area contributed by atoms with Gasteiger partial charge in [0.1, 0.15) is 0 Å². The van der Waals surface area contributed by atoms with Crippen molar-refractivity contribution in [2.75, 3.05) is 13.1 Å². The Morgan fingerprint density at radius 2 is 1.88 bits per heavy atom. The monoisotopic (exact) mass is 225 g/mol. The van der Waals surface area contributed by atoms with Gasteiger partial charge < -0.3 is 4.90 Å². The molecule has 0 aromatic heterocycles. The van der Waals surface area contributed by atoms with Gasteiger partial charge in [-0.05, 0) is 23.7 Å². The fourth-order valence-electron chi connectivity index (χ4n) is 2.75. The molecule has 1 amide bonds. The first-order valence-corrected chi connectivity index (χ1v) is 6.55. The molecular formula is C14H27NO. The summed E-state index contributed by atoms with van der Waals surface area (Å²) in [5.41, 5.74) is 0.294. The average Bonchev–Trinajstić information content (AvgIpc) is 2.14. The van der Waals surface area contributed by atoms with Crippen LogP contribution in [0.2, 0.25) is 0 Å². The van der Waals surface area contributed by atoms with Gasteiger partial charge in [-0.25, -0.2) is 0 Å². The first-order valence-electron chi connectivity index (χ1n) is 6.55. The first kappa shape index (κ1) is 13.5. The Labute approximate surface area is 100 Å². The summed E-state index contributed by atoms with van der Waals surface area (Å²) in [7, 11) is 0. The zero-order valence-corrected chi connectivity index (χ0v) is 11.7. The maximum absolute atomic E-state index is 12.1. The van der Waals surface area contributed by atoms with Gasteiger partial charge >= 0.3 is 0 Å². The molecule has 0 spiro atoms. The van der Waals surface area contributed by atoms with E-state index in [0.717, 1.165) is 13.1 Å². The van der Waals surface area contributed by atoms with Crippen LogP contribution in [0.5, 0.6) is 0 Å². The number of hydrogen-bond donors (Lipinski definition) is 0. The van der Waals surface area contributed by atoms with Crippen molar-refractivity contribution in [3.05, 3.63) is 0 Å². The third kappa shape index (κ3) is 2.78. The van der Waals surface area contributed by atoms with Crippen LogP contribution in [0.3, 0.4) is 0 Å². The van der Waals surface area contributed by atoms with E-state index < -0.39 is 0 Å². The predicted molar refractivity (Wildman–Crippen MR) is 68.1 cm³/mol. The molecular weight excluding hydrogens is 198 g/mol. The molecule has 0 aromatic carbocycles. The van der Waals surface area contributed by atoms with Crippen molar-refractivity contribution < 1.29 is 4.79 Å². The summed E-state index contributed by atoms with van der Waals surface area (Å²) >= 11 is 0. The highest BCUT2D eigenvalue weighted by atomic mass is 16.2. The standard InChI is InChI=1S/C14H27NO/c1-10(2)13(16)15-8-12(5)7-14(6,9-15)11(3)4/h10-12H,7-9H2,1-6H3. The largest absolute Gasteiger partial charge is 0.342 e. The molecule has 0 saturated carbocycles. The summed E-state index contributed by atoms with van der Waals surface area (Å²) in [5.74, 6) is 1.71. The molecule has 1 saturated heterocycles. The lowest BCUT2D eigenvalue weighted by Gasteiger charge is -2.46. The quantitative estimate of drug-likeness (QED) is 0.707. The Morgan fingerprint density at radius 1 is 1.31 bits per heavy atom. The zero-order valence-electron chi connectivity index (χ0n) is 11.7. The van der Waals surface area contributed by atoms with Gasteiger partial charge in [-0.15, -0.1) is 0 Å². The molecule has 1 aliphatic rings. The summed E-state index contributed by atoms with van der Waals surface area (Å²) in [6.07, 6.45) is 1.24. The van der Waals surface area contributed by atoms with Crippen LogP contribution in [0.4, 0.5) is 0 Å².